The van der Waals surface area contributed by atoms with E-state index in [-0.39, 0.29) is 24.0 Å². The lowest BCUT2D eigenvalue weighted by Gasteiger charge is -2.22. The van der Waals surface area contributed by atoms with Gasteiger partial charge in [0.25, 0.3) is 0 Å². The summed E-state index contributed by atoms with van der Waals surface area (Å²) in [5, 5.41) is 9.04. The van der Waals surface area contributed by atoms with E-state index in [0.29, 0.717) is 5.92 Å². The summed E-state index contributed by atoms with van der Waals surface area (Å²) < 4.78 is 0. The number of hydrogen-bond donors (Lipinski definition) is 2. The second-order valence-corrected chi connectivity index (χ2v) is 8.65. The quantitative estimate of drug-likeness (QED) is 0.312. The summed E-state index contributed by atoms with van der Waals surface area (Å²) >= 11 is 1.83. The molecule has 0 saturated carbocycles. The van der Waals surface area contributed by atoms with Crippen molar-refractivity contribution in [1.29, 1.82) is 0 Å². The Hall–Kier alpha value is -1.35. The number of guanidine groups is 1. The molecule has 7 heteroatoms. The molecule has 1 atom stereocenters. The topological polar surface area (TPSA) is 52.6 Å². The summed E-state index contributed by atoms with van der Waals surface area (Å²) in [6.45, 7) is 6.18. The highest BCUT2D eigenvalue weighted by Gasteiger charge is 2.11. The summed E-state index contributed by atoms with van der Waals surface area (Å²) in [5.41, 5.74) is 1.24. The Bertz CT molecular complexity index is 727. The van der Waals surface area contributed by atoms with Crippen LogP contribution in [0.2, 0.25) is 0 Å². The van der Waals surface area contributed by atoms with Crippen LogP contribution in [0.4, 0.5) is 5.82 Å². The molecule has 0 amide bonds. The summed E-state index contributed by atoms with van der Waals surface area (Å²) in [4.78, 5) is 12.8. The van der Waals surface area contributed by atoms with Gasteiger partial charge in [0, 0.05) is 44.3 Å². The van der Waals surface area contributed by atoms with Crippen molar-refractivity contribution >= 4 is 47.1 Å². The van der Waals surface area contributed by atoms with Crippen molar-refractivity contribution < 1.29 is 0 Å². The highest BCUT2D eigenvalue weighted by Crippen LogP contribution is 2.18. The Morgan fingerprint density at radius 1 is 1.21 bits per heavy atom. The van der Waals surface area contributed by atoms with Crippen molar-refractivity contribution in [3.63, 3.8) is 0 Å². The first kappa shape index (κ1) is 23.9. The van der Waals surface area contributed by atoms with Gasteiger partial charge in [-0.15, -0.1) is 35.3 Å². The second kappa shape index (κ2) is 13.1. The Morgan fingerprint density at radius 3 is 2.69 bits per heavy atom. The number of halogens is 1. The van der Waals surface area contributed by atoms with Crippen LogP contribution in [0.25, 0.3) is 0 Å². The number of nitrogens with one attached hydrogen (secondary N) is 2. The fourth-order valence-electron chi connectivity index (χ4n) is 3.56. The molecule has 29 heavy (non-hydrogen) atoms. The predicted molar refractivity (Wildman–Crippen MR) is 136 cm³/mol. The van der Waals surface area contributed by atoms with Gasteiger partial charge in [0.05, 0.1) is 0 Å². The molecular formula is C22H34IN5S. The van der Waals surface area contributed by atoms with E-state index in [2.05, 4.69) is 62.1 Å². The number of hydrogen-bond acceptors (Lipinski definition) is 4. The van der Waals surface area contributed by atoms with Gasteiger partial charge in [-0.1, -0.05) is 25.8 Å². The third-order valence-corrected chi connectivity index (χ3v) is 6.07. The molecular weight excluding hydrogens is 493 g/mol. The smallest absolute Gasteiger partial charge is 0.191 e. The van der Waals surface area contributed by atoms with Crippen LogP contribution in [0, 0.1) is 5.92 Å². The lowest BCUT2D eigenvalue weighted by atomic mass is 10.1. The predicted octanol–water partition coefficient (Wildman–Crippen LogP) is 4.69. The average molecular weight is 528 g/mol. The molecule has 3 heterocycles. The third-order valence-electron chi connectivity index (χ3n) is 5.17. The number of aromatic nitrogens is 1. The van der Waals surface area contributed by atoms with Crippen LogP contribution in [0.15, 0.2) is 40.8 Å². The summed E-state index contributed by atoms with van der Waals surface area (Å²) in [7, 11) is 1.83. The maximum Gasteiger partial charge on any atom is 0.191 e. The molecule has 1 saturated heterocycles. The maximum absolute atomic E-state index is 4.60. The maximum atomic E-state index is 4.60. The number of nitrogens with zero attached hydrogens (tertiary/aromatic N) is 3. The molecule has 1 aliphatic heterocycles. The molecule has 5 nitrogen and oxygen atoms in total. The van der Waals surface area contributed by atoms with E-state index < -0.39 is 0 Å². The molecule has 2 aromatic rings. The van der Waals surface area contributed by atoms with Crippen molar-refractivity contribution in [2.75, 3.05) is 31.6 Å². The molecule has 1 fully saturated rings. The molecule has 160 valence electrons. The van der Waals surface area contributed by atoms with Crippen LogP contribution in [0.5, 0.6) is 0 Å². The van der Waals surface area contributed by atoms with Gasteiger partial charge >= 0.3 is 0 Å². The molecule has 0 radical (unpaired) electrons. The first-order valence-electron chi connectivity index (χ1n) is 10.4. The fourth-order valence-corrected chi connectivity index (χ4v) is 4.43. The van der Waals surface area contributed by atoms with E-state index in [4.69, 9.17) is 0 Å². The van der Waals surface area contributed by atoms with Crippen LogP contribution < -0.4 is 15.5 Å². The number of rotatable bonds is 7. The largest absolute Gasteiger partial charge is 0.357 e. The fraction of sp³-hybridized carbons (Fsp3) is 0.545. The molecule has 0 spiro atoms. The van der Waals surface area contributed by atoms with Crippen molar-refractivity contribution in [2.24, 2.45) is 10.9 Å². The molecule has 1 aliphatic rings. The lowest BCUT2D eigenvalue weighted by molar-refractivity contribution is 0.562. The van der Waals surface area contributed by atoms with Crippen molar-refractivity contribution in [3.8, 4) is 0 Å². The average Bonchev–Trinajstić information content (AvgIpc) is 3.07. The Balaban J connectivity index is 0.00000300. The molecule has 2 N–H and O–H groups in total. The van der Waals surface area contributed by atoms with Gasteiger partial charge in [-0.3, -0.25) is 4.99 Å². The molecule has 0 aromatic carbocycles. The molecule has 2 aromatic heterocycles. The normalized spacial score (nSPS) is 15.9. The van der Waals surface area contributed by atoms with Crippen LogP contribution in [0.1, 0.15) is 43.0 Å². The van der Waals surface area contributed by atoms with E-state index in [9.17, 15) is 0 Å². The van der Waals surface area contributed by atoms with Gasteiger partial charge in [0.15, 0.2) is 5.96 Å². The van der Waals surface area contributed by atoms with E-state index in [1.54, 1.807) is 0 Å². The van der Waals surface area contributed by atoms with Gasteiger partial charge in [-0.05, 0) is 54.3 Å². The van der Waals surface area contributed by atoms with Crippen LogP contribution in [-0.2, 0) is 13.0 Å². The number of thiophene rings is 1. The zero-order valence-electron chi connectivity index (χ0n) is 17.6. The van der Waals surface area contributed by atoms with Gasteiger partial charge in [0.2, 0.25) is 0 Å². The van der Waals surface area contributed by atoms with Gasteiger partial charge < -0.3 is 15.5 Å². The molecule has 0 bridgehead atoms. The van der Waals surface area contributed by atoms with E-state index in [0.717, 1.165) is 44.4 Å². The van der Waals surface area contributed by atoms with Crippen molar-refractivity contribution in [2.45, 2.75) is 45.6 Å². The highest BCUT2D eigenvalue weighted by atomic mass is 127. The number of aliphatic imine (C=N–C) groups is 1. The zero-order valence-corrected chi connectivity index (χ0v) is 20.7. The standard InChI is InChI=1S/C22H33N5S.HI/c1-18(14-20-8-7-13-28-20)16-25-22(23-2)26-17-19-9-10-24-21(15-19)27-11-5-3-4-6-12-27;/h7-10,13,15,18H,3-6,11-12,14,16-17H2,1-2H3,(H2,23,25,26);1H. The summed E-state index contributed by atoms with van der Waals surface area (Å²) in [6, 6.07) is 8.63. The first-order chi connectivity index (χ1) is 13.7. The Kier molecular flexibility index (Phi) is 10.8. The molecule has 0 aliphatic carbocycles. The van der Waals surface area contributed by atoms with Gasteiger partial charge in [-0.2, -0.15) is 0 Å². The molecule has 3 rings (SSSR count). The van der Waals surface area contributed by atoms with Crippen molar-refractivity contribution in [1.82, 2.24) is 15.6 Å². The lowest BCUT2D eigenvalue weighted by Crippen LogP contribution is -2.39. The minimum atomic E-state index is 0. The van der Waals surface area contributed by atoms with Crippen molar-refractivity contribution in [3.05, 3.63) is 46.3 Å². The Morgan fingerprint density at radius 2 is 2.00 bits per heavy atom. The van der Waals surface area contributed by atoms with E-state index in [1.165, 1.54) is 36.1 Å². The van der Waals surface area contributed by atoms with E-state index in [1.807, 2.05) is 24.6 Å². The van der Waals surface area contributed by atoms with Gasteiger partial charge in [-0.25, -0.2) is 4.98 Å². The minimum Gasteiger partial charge on any atom is -0.357 e. The van der Waals surface area contributed by atoms with Crippen LogP contribution >= 0.6 is 35.3 Å². The second-order valence-electron chi connectivity index (χ2n) is 7.62. The SMILES string of the molecule is CN=C(NCc1ccnc(N2CCCCCC2)c1)NCC(C)Cc1cccs1.I. The zero-order chi connectivity index (χ0) is 19.6. The van der Waals surface area contributed by atoms with E-state index >= 15 is 0 Å². The summed E-state index contributed by atoms with van der Waals surface area (Å²) in [6.07, 6.45) is 8.24. The van der Waals surface area contributed by atoms with Crippen LogP contribution in [-0.4, -0.2) is 37.6 Å². The highest BCUT2D eigenvalue weighted by molar-refractivity contribution is 14.0. The monoisotopic (exact) mass is 527 g/mol. The number of anilines is 1. The van der Waals surface area contributed by atoms with Gasteiger partial charge in [0.1, 0.15) is 5.82 Å². The molecule has 1 unspecified atom stereocenters. The Labute approximate surface area is 196 Å². The third kappa shape index (κ3) is 8.12. The summed E-state index contributed by atoms with van der Waals surface area (Å²) in [5.74, 6) is 2.52. The number of pyridine rings is 1. The van der Waals surface area contributed by atoms with Crippen LogP contribution in [0.3, 0.4) is 0 Å². The minimum absolute atomic E-state index is 0. The first-order valence-corrected chi connectivity index (χ1v) is 11.3.